The number of aromatic nitrogens is 6. The Morgan fingerprint density at radius 1 is 1.33 bits per heavy atom. The molecule has 2 unspecified atom stereocenters. The van der Waals surface area contributed by atoms with Gasteiger partial charge in [0.15, 0.2) is 5.13 Å². The number of nitrogens with zero attached hydrogens (tertiary/aromatic N) is 8. The van der Waals surface area contributed by atoms with E-state index in [4.69, 9.17) is 15.3 Å². The fraction of sp³-hybridized carbons (Fsp3) is 0.636. The number of rotatable bonds is 12. The zero-order chi connectivity index (χ0) is 31.4. The molecule has 0 spiro atoms. The molecule has 18 nitrogen and oxygen atoms in total. The number of nitrogen functional groups attached to an aromatic ring is 1. The van der Waals surface area contributed by atoms with Gasteiger partial charge < -0.3 is 35.9 Å². The maximum Gasteiger partial charge on any atom is 0.407 e. The van der Waals surface area contributed by atoms with Gasteiger partial charge in [-0.1, -0.05) is 16.9 Å². The van der Waals surface area contributed by atoms with Gasteiger partial charge in [-0.2, -0.15) is 9.36 Å². The summed E-state index contributed by atoms with van der Waals surface area (Å²) in [5, 5.41) is 30.8. The van der Waals surface area contributed by atoms with E-state index < -0.39 is 46.3 Å². The monoisotopic (exact) mass is 657 g/mol. The van der Waals surface area contributed by atoms with Crippen molar-refractivity contribution in [3.8, 4) is 0 Å². The van der Waals surface area contributed by atoms with Crippen molar-refractivity contribution in [1.82, 2.24) is 45.1 Å². The number of fused-ring (bicyclic) bond motifs is 1. The van der Waals surface area contributed by atoms with E-state index in [0.29, 0.717) is 5.16 Å². The molecule has 4 heterocycles. The largest absolute Gasteiger partial charge is 0.481 e. The second kappa shape index (κ2) is 13.3. The summed E-state index contributed by atoms with van der Waals surface area (Å²) >= 11 is 3.27. The van der Waals surface area contributed by atoms with Crippen LogP contribution in [0.2, 0.25) is 0 Å². The summed E-state index contributed by atoms with van der Waals surface area (Å²) in [7, 11) is 0. The first-order chi connectivity index (χ1) is 20.3. The van der Waals surface area contributed by atoms with Gasteiger partial charge in [-0.25, -0.2) is 9.48 Å². The fourth-order valence-corrected chi connectivity index (χ4v) is 7.18. The Hall–Kier alpha value is -3.72. The average molecular weight is 658 g/mol. The fourth-order valence-electron chi connectivity index (χ4n) is 3.98. The zero-order valence-electron chi connectivity index (χ0n) is 23.7. The number of carboxylic acid groups (broad SMARTS) is 1. The van der Waals surface area contributed by atoms with Crippen LogP contribution in [0.4, 0.5) is 9.93 Å². The van der Waals surface area contributed by atoms with Gasteiger partial charge in [-0.15, -0.1) is 16.9 Å². The molecule has 0 bridgehead atoms. The number of amides is 3. The lowest BCUT2D eigenvalue weighted by atomic mass is 9.89. The van der Waals surface area contributed by atoms with E-state index >= 15 is 0 Å². The number of alkyl carbamates (subject to hydrolysis) is 1. The van der Waals surface area contributed by atoms with Crippen LogP contribution in [0, 0.1) is 5.41 Å². The van der Waals surface area contributed by atoms with Gasteiger partial charge in [0, 0.05) is 36.1 Å². The molecule has 3 atom stereocenters. The molecule has 2 aliphatic rings. The first-order valence-corrected chi connectivity index (χ1v) is 15.8. The summed E-state index contributed by atoms with van der Waals surface area (Å²) in [5.41, 5.74) is 3.47. The summed E-state index contributed by atoms with van der Waals surface area (Å²) in [6, 6.07) is -0.899. The van der Waals surface area contributed by atoms with Crippen LogP contribution in [0.1, 0.15) is 33.5 Å². The predicted molar refractivity (Wildman–Crippen MR) is 155 cm³/mol. The number of oxime groups is 1. The van der Waals surface area contributed by atoms with Crippen LogP contribution in [0.3, 0.4) is 0 Å². The van der Waals surface area contributed by atoms with Crippen molar-refractivity contribution >= 4 is 69.8 Å². The zero-order valence-corrected chi connectivity index (χ0v) is 26.1. The van der Waals surface area contributed by atoms with E-state index in [2.05, 4.69) is 40.7 Å². The maximum absolute atomic E-state index is 13.1. The summed E-state index contributed by atoms with van der Waals surface area (Å²) in [5.74, 6) is -2.01. The molecule has 2 fully saturated rings. The second-order valence-corrected chi connectivity index (χ2v) is 13.3. The van der Waals surface area contributed by atoms with Gasteiger partial charge in [0.05, 0.1) is 6.54 Å². The molecule has 0 radical (unpaired) electrons. The number of anilines is 1. The highest BCUT2D eigenvalue weighted by Crippen LogP contribution is 2.44. The third-order valence-electron chi connectivity index (χ3n) is 6.01. The number of carboxylic acids is 1. The van der Waals surface area contributed by atoms with Gasteiger partial charge in [-0.3, -0.25) is 14.4 Å². The molecule has 43 heavy (non-hydrogen) atoms. The summed E-state index contributed by atoms with van der Waals surface area (Å²) in [6.07, 6.45) is -0.579. The minimum Gasteiger partial charge on any atom is -0.481 e. The van der Waals surface area contributed by atoms with Gasteiger partial charge >= 0.3 is 12.1 Å². The van der Waals surface area contributed by atoms with Crippen molar-refractivity contribution in [2.45, 2.75) is 56.4 Å². The Morgan fingerprint density at radius 3 is 2.74 bits per heavy atom. The SMILES string of the molecule is CCON=C(C(=O)NC1C(=O)N2CC(CSc3nnnn3CCNC(=O)OC(C)(C)C)(C(=O)O)CS[C@H]12)c1nsc(N)n1. The lowest BCUT2D eigenvalue weighted by Gasteiger charge is -2.53. The number of ether oxygens (including phenoxy) is 1. The van der Waals surface area contributed by atoms with Gasteiger partial charge in [0.1, 0.15) is 29.0 Å². The maximum atomic E-state index is 13.1. The first-order valence-electron chi connectivity index (χ1n) is 13.0. The van der Waals surface area contributed by atoms with Crippen LogP contribution in [-0.2, 0) is 30.5 Å². The molecule has 2 saturated heterocycles. The number of carbonyl (C=O) groups excluding carboxylic acids is 3. The third kappa shape index (κ3) is 7.63. The van der Waals surface area contributed by atoms with Crippen LogP contribution in [0.5, 0.6) is 0 Å². The number of hydrogen-bond acceptors (Lipinski definition) is 16. The van der Waals surface area contributed by atoms with Gasteiger partial charge in [0.25, 0.3) is 5.91 Å². The van der Waals surface area contributed by atoms with E-state index in [1.54, 1.807) is 27.7 Å². The van der Waals surface area contributed by atoms with Crippen molar-refractivity contribution in [2.24, 2.45) is 10.6 Å². The molecular formula is C22H31N11O7S3. The number of nitrogens with one attached hydrogen (secondary N) is 2. The third-order valence-corrected chi connectivity index (χ3v) is 9.38. The van der Waals surface area contributed by atoms with E-state index in [-0.39, 0.29) is 54.4 Å². The van der Waals surface area contributed by atoms with E-state index in [1.807, 2.05) is 0 Å². The molecule has 2 aromatic heterocycles. The van der Waals surface area contributed by atoms with E-state index in [0.717, 1.165) is 23.3 Å². The van der Waals surface area contributed by atoms with Crippen molar-refractivity contribution in [3.05, 3.63) is 5.82 Å². The van der Waals surface area contributed by atoms with Crippen LogP contribution < -0.4 is 16.4 Å². The minimum absolute atomic E-state index is 0.0294. The molecule has 0 saturated carbocycles. The molecule has 21 heteroatoms. The summed E-state index contributed by atoms with van der Waals surface area (Å²) in [6.45, 7) is 7.49. The number of carbonyl (C=O) groups is 4. The molecule has 5 N–H and O–H groups in total. The normalized spacial score (nSPS) is 21.9. The van der Waals surface area contributed by atoms with Gasteiger partial charge in [0.2, 0.25) is 22.6 Å². The van der Waals surface area contributed by atoms with Crippen molar-refractivity contribution in [1.29, 1.82) is 0 Å². The lowest BCUT2D eigenvalue weighted by Crippen LogP contribution is -2.74. The molecule has 3 amide bonds. The average Bonchev–Trinajstić information content (AvgIpc) is 3.58. The Bertz CT molecular complexity index is 1390. The van der Waals surface area contributed by atoms with Crippen LogP contribution in [0.15, 0.2) is 10.3 Å². The predicted octanol–water partition coefficient (Wildman–Crippen LogP) is -0.365. The number of β-lactam (4-membered cyclic amide) rings is 1. The Balaban J connectivity index is 1.35. The van der Waals surface area contributed by atoms with Gasteiger partial charge in [-0.05, 0) is 38.1 Å². The summed E-state index contributed by atoms with van der Waals surface area (Å²) < 4.78 is 10.6. The number of tetrazole rings is 1. The Labute approximate surface area is 258 Å². The van der Waals surface area contributed by atoms with Crippen molar-refractivity contribution in [2.75, 3.05) is 36.9 Å². The molecule has 2 aliphatic heterocycles. The molecule has 0 aromatic carbocycles. The molecule has 4 rings (SSSR count). The Kier molecular flexibility index (Phi) is 9.95. The van der Waals surface area contributed by atoms with Crippen LogP contribution in [0.25, 0.3) is 0 Å². The lowest BCUT2D eigenvalue weighted by molar-refractivity contribution is -0.157. The van der Waals surface area contributed by atoms with E-state index in [1.165, 1.54) is 21.3 Å². The van der Waals surface area contributed by atoms with Crippen LogP contribution >= 0.6 is 35.1 Å². The minimum atomic E-state index is -1.30. The first kappa shape index (κ1) is 32.2. The number of aliphatic carboxylic acids is 1. The van der Waals surface area contributed by atoms with Crippen LogP contribution in [-0.4, -0.2) is 117 Å². The summed E-state index contributed by atoms with van der Waals surface area (Å²) in [4.78, 5) is 60.8. The number of thioether (sulfide) groups is 2. The second-order valence-electron chi connectivity index (χ2n) is 10.4. The number of nitrogens with two attached hydrogens (primary N) is 1. The highest BCUT2D eigenvalue weighted by molar-refractivity contribution is 8.00. The Morgan fingerprint density at radius 2 is 2.09 bits per heavy atom. The topological polar surface area (TPSA) is 242 Å². The van der Waals surface area contributed by atoms with Crippen molar-refractivity contribution in [3.63, 3.8) is 0 Å². The van der Waals surface area contributed by atoms with E-state index in [9.17, 15) is 24.3 Å². The molecule has 2 aromatic rings. The molecule has 234 valence electrons. The quantitative estimate of drug-likeness (QED) is 0.0985. The molecule has 0 aliphatic carbocycles. The standard InChI is InChI=1S/C22H31N11O7S3/c1-5-39-28-11(13-26-18(23)43-29-13)14(34)25-12-15(35)32-8-22(17(36)37,9-41-16(12)32)10-42-19-27-30-31-33(19)7-6-24-20(38)40-21(2,3)4/h12,16H,5-10H2,1-4H3,(H,24,38)(H,25,34)(H,36,37)(H2,23,26,29)/t12?,16-,22?/m1/s1. The highest BCUT2D eigenvalue weighted by atomic mass is 32.2. The van der Waals surface area contributed by atoms with Crippen molar-refractivity contribution < 1.29 is 33.9 Å². The molecular weight excluding hydrogens is 627 g/mol. The highest BCUT2D eigenvalue weighted by Gasteiger charge is 2.57. The smallest absolute Gasteiger partial charge is 0.407 e. The number of hydrogen-bond donors (Lipinski definition) is 4.